The number of H-pyrrole nitrogens is 1. The summed E-state index contributed by atoms with van der Waals surface area (Å²) in [4.78, 5) is 5.52. The summed E-state index contributed by atoms with van der Waals surface area (Å²) >= 11 is 0. The van der Waals surface area contributed by atoms with Gasteiger partial charge in [0.25, 0.3) is 0 Å². The number of benzene rings is 1. The second-order valence-electron chi connectivity index (χ2n) is 7.41. The molecule has 0 amide bonds. The Labute approximate surface area is 170 Å². The molecule has 0 spiro atoms. The molecule has 0 bridgehead atoms. The lowest BCUT2D eigenvalue weighted by Gasteiger charge is -2.38. The van der Waals surface area contributed by atoms with Gasteiger partial charge < -0.3 is 29.8 Å². The minimum atomic E-state index is -1.34. The minimum Gasteiger partial charge on any atom is -0.462 e. The van der Waals surface area contributed by atoms with Crippen molar-refractivity contribution in [2.24, 2.45) is 0 Å². The topological polar surface area (TPSA) is 98.2 Å². The van der Waals surface area contributed by atoms with E-state index in [0.29, 0.717) is 5.75 Å². The SMILES string of the molecule is C=CCN(CC=C)CCc1c[nH]c2cc(OC3OC(C)C(O)C(O)C3O)ccc12. The van der Waals surface area contributed by atoms with Crippen LogP contribution < -0.4 is 4.74 Å². The first kappa shape index (κ1) is 21.5. The number of hydrogen-bond donors (Lipinski definition) is 4. The van der Waals surface area contributed by atoms with Crippen LogP contribution in [0.1, 0.15) is 12.5 Å². The van der Waals surface area contributed by atoms with Crippen LogP contribution in [0.25, 0.3) is 10.9 Å². The summed E-state index contributed by atoms with van der Waals surface area (Å²) in [6.45, 7) is 11.7. The van der Waals surface area contributed by atoms with E-state index in [9.17, 15) is 15.3 Å². The number of aliphatic hydroxyl groups is 3. The Morgan fingerprint density at radius 1 is 1.14 bits per heavy atom. The van der Waals surface area contributed by atoms with Gasteiger partial charge in [-0.2, -0.15) is 0 Å². The zero-order chi connectivity index (χ0) is 21.0. The molecule has 5 atom stereocenters. The minimum absolute atomic E-state index is 0.505. The van der Waals surface area contributed by atoms with Crippen molar-refractivity contribution < 1.29 is 24.8 Å². The number of aromatic nitrogens is 1. The van der Waals surface area contributed by atoms with E-state index in [1.54, 1.807) is 6.92 Å². The van der Waals surface area contributed by atoms with E-state index in [-0.39, 0.29) is 0 Å². The molecule has 5 unspecified atom stereocenters. The van der Waals surface area contributed by atoms with Crippen LogP contribution in [-0.2, 0) is 11.2 Å². The number of aromatic amines is 1. The van der Waals surface area contributed by atoms with Crippen molar-refractivity contribution in [1.82, 2.24) is 9.88 Å². The largest absolute Gasteiger partial charge is 0.462 e. The van der Waals surface area contributed by atoms with Crippen LogP contribution >= 0.6 is 0 Å². The molecule has 2 aromatic rings. The molecule has 4 N–H and O–H groups in total. The maximum atomic E-state index is 10.1. The van der Waals surface area contributed by atoms with Crippen molar-refractivity contribution in [2.45, 2.75) is 44.1 Å². The molecule has 1 fully saturated rings. The lowest BCUT2D eigenvalue weighted by Crippen LogP contribution is -2.58. The third kappa shape index (κ3) is 4.88. The number of aliphatic hydroxyl groups excluding tert-OH is 3. The third-order valence-electron chi connectivity index (χ3n) is 5.27. The van der Waals surface area contributed by atoms with Gasteiger partial charge in [-0.15, -0.1) is 13.2 Å². The lowest BCUT2D eigenvalue weighted by molar-refractivity contribution is -0.268. The van der Waals surface area contributed by atoms with Crippen molar-refractivity contribution in [3.63, 3.8) is 0 Å². The number of hydrogen-bond acceptors (Lipinski definition) is 6. The van der Waals surface area contributed by atoms with Gasteiger partial charge in [0, 0.05) is 42.8 Å². The summed E-state index contributed by atoms with van der Waals surface area (Å²) < 4.78 is 11.2. The standard InChI is InChI=1S/C22H30N2O5/c1-4-9-24(10-5-2)11-8-15-13-23-18-12-16(6-7-17(15)18)29-22-21(27)20(26)19(25)14(3)28-22/h4-7,12-14,19-23,25-27H,1-2,8-11H2,3H3. The van der Waals surface area contributed by atoms with Gasteiger partial charge in [0.15, 0.2) is 0 Å². The van der Waals surface area contributed by atoms with Gasteiger partial charge in [0.2, 0.25) is 6.29 Å². The number of fused-ring (bicyclic) bond motifs is 1. The second kappa shape index (κ2) is 9.56. The molecule has 1 aliphatic rings. The highest BCUT2D eigenvalue weighted by atomic mass is 16.7. The van der Waals surface area contributed by atoms with E-state index in [0.717, 1.165) is 37.0 Å². The Bertz CT molecular complexity index is 826. The van der Waals surface area contributed by atoms with E-state index >= 15 is 0 Å². The number of ether oxygens (including phenoxy) is 2. The fraction of sp³-hybridized carbons (Fsp3) is 0.455. The van der Waals surface area contributed by atoms with Gasteiger partial charge in [-0.1, -0.05) is 12.2 Å². The zero-order valence-corrected chi connectivity index (χ0v) is 16.7. The second-order valence-corrected chi connectivity index (χ2v) is 7.41. The van der Waals surface area contributed by atoms with Crippen molar-refractivity contribution in [2.75, 3.05) is 19.6 Å². The van der Waals surface area contributed by atoms with Crippen LogP contribution in [0.4, 0.5) is 0 Å². The van der Waals surface area contributed by atoms with Gasteiger partial charge in [0.1, 0.15) is 24.1 Å². The summed E-state index contributed by atoms with van der Waals surface area (Å²) in [5.41, 5.74) is 2.11. The van der Waals surface area contributed by atoms with Gasteiger partial charge in [0.05, 0.1) is 6.10 Å². The molecule has 1 aliphatic heterocycles. The molecule has 0 aliphatic carbocycles. The number of rotatable bonds is 9. The van der Waals surface area contributed by atoms with Crippen LogP contribution in [0.3, 0.4) is 0 Å². The monoisotopic (exact) mass is 402 g/mol. The van der Waals surface area contributed by atoms with Crippen molar-refractivity contribution in [3.8, 4) is 5.75 Å². The normalized spacial score (nSPS) is 27.3. The van der Waals surface area contributed by atoms with Crippen molar-refractivity contribution >= 4 is 10.9 Å². The fourth-order valence-corrected chi connectivity index (χ4v) is 3.59. The summed E-state index contributed by atoms with van der Waals surface area (Å²) in [7, 11) is 0. The highest BCUT2D eigenvalue weighted by Crippen LogP contribution is 2.28. The number of nitrogens with one attached hydrogen (secondary N) is 1. The summed E-state index contributed by atoms with van der Waals surface area (Å²) in [5.74, 6) is 0.505. The molecule has 7 heteroatoms. The molecular weight excluding hydrogens is 372 g/mol. The predicted octanol–water partition coefficient (Wildman–Crippen LogP) is 1.59. The molecule has 2 heterocycles. The average Bonchev–Trinajstić information content (AvgIpc) is 3.11. The van der Waals surface area contributed by atoms with Gasteiger partial charge in [-0.05, 0) is 31.0 Å². The van der Waals surface area contributed by atoms with Crippen molar-refractivity contribution in [3.05, 3.63) is 55.3 Å². The molecule has 1 aromatic heterocycles. The summed E-state index contributed by atoms with van der Waals surface area (Å²) in [5, 5.41) is 31.0. The van der Waals surface area contributed by atoms with Gasteiger partial charge in [-0.25, -0.2) is 0 Å². The van der Waals surface area contributed by atoms with Crippen LogP contribution in [0.2, 0.25) is 0 Å². The van der Waals surface area contributed by atoms with Crippen LogP contribution in [0.5, 0.6) is 5.75 Å². The van der Waals surface area contributed by atoms with E-state index in [2.05, 4.69) is 23.0 Å². The van der Waals surface area contributed by atoms with E-state index in [4.69, 9.17) is 9.47 Å². The van der Waals surface area contributed by atoms with E-state index in [1.807, 2.05) is 36.5 Å². The first-order valence-electron chi connectivity index (χ1n) is 9.85. The van der Waals surface area contributed by atoms with Gasteiger partial charge >= 0.3 is 0 Å². The highest BCUT2D eigenvalue weighted by Gasteiger charge is 2.43. The number of nitrogens with zero attached hydrogens (tertiary/aromatic N) is 1. The van der Waals surface area contributed by atoms with Crippen molar-refractivity contribution in [1.29, 1.82) is 0 Å². The molecular formula is C22H30N2O5. The molecule has 0 saturated carbocycles. The third-order valence-corrected chi connectivity index (χ3v) is 5.27. The van der Waals surface area contributed by atoms with E-state index < -0.39 is 30.7 Å². The molecule has 3 rings (SSSR count). The fourth-order valence-electron chi connectivity index (χ4n) is 3.59. The van der Waals surface area contributed by atoms with Crippen LogP contribution in [0.15, 0.2) is 49.7 Å². The predicted molar refractivity (Wildman–Crippen MR) is 112 cm³/mol. The quantitative estimate of drug-likeness (QED) is 0.476. The Balaban J connectivity index is 1.68. The average molecular weight is 402 g/mol. The maximum Gasteiger partial charge on any atom is 0.229 e. The van der Waals surface area contributed by atoms with Gasteiger partial charge in [-0.3, -0.25) is 4.90 Å². The molecule has 1 aromatic carbocycles. The Kier molecular flexibility index (Phi) is 7.10. The molecule has 158 valence electrons. The molecule has 0 radical (unpaired) electrons. The molecule has 7 nitrogen and oxygen atoms in total. The zero-order valence-electron chi connectivity index (χ0n) is 16.7. The van der Waals surface area contributed by atoms with Crippen LogP contribution in [-0.4, -0.2) is 75.5 Å². The summed E-state index contributed by atoms with van der Waals surface area (Å²) in [6, 6.07) is 5.61. The maximum absolute atomic E-state index is 10.1. The first-order chi connectivity index (χ1) is 13.9. The Hall–Kier alpha value is -2.16. The smallest absolute Gasteiger partial charge is 0.229 e. The van der Waals surface area contributed by atoms with Crippen LogP contribution in [0, 0.1) is 0 Å². The molecule has 1 saturated heterocycles. The summed E-state index contributed by atoms with van der Waals surface area (Å²) in [6.07, 6.45) is 1.14. The highest BCUT2D eigenvalue weighted by molar-refractivity contribution is 5.84. The molecule has 29 heavy (non-hydrogen) atoms. The Morgan fingerprint density at radius 3 is 2.55 bits per heavy atom. The van der Waals surface area contributed by atoms with E-state index in [1.165, 1.54) is 5.56 Å². The first-order valence-corrected chi connectivity index (χ1v) is 9.85. The lowest BCUT2D eigenvalue weighted by atomic mass is 10.00. The Morgan fingerprint density at radius 2 is 1.86 bits per heavy atom.